The van der Waals surface area contributed by atoms with Crippen LogP contribution in [-0.4, -0.2) is 14.8 Å². The van der Waals surface area contributed by atoms with Crippen LogP contribution in [0.25, 0.3) is 33.3 Å². The molecule has 5 rings (SSSR count). The molecule has 3 nitrogen and oxygen atoms in total. The van der Waals surface area contributed by atoms with Crippen molar-refractivity contribution in [3.8, 4) is 22.4 Å². The lowest BCUT2D eigenvalue weighted by Crippen LogP contribution is -2.04. The highest BCUT2D eigenvalue weighted by Crippen LogP contribution is 2.40. The quantitative estimate of drug-likeness (QED) is 0.445. The summed E-state index contributed by atoms with van der Waals surface area (Å²) in [5.41, 5.74) is 4.26. The van der Waals surface area contributed by atoms with Crippen LogP contribution in [0.5, 0.6) is 0 Å². The summed E-state index contributed by atoms with van der Waals surface area (Å²) >= 11 is 0. The van der Waals surface area contributed by atoms with E-state index < -0.39 is 11.7 Å². The van der Waals surface area contributed by atoms with Crippen molar-refractivity contribution in [3.05, 3.63) is 72.1 Å². The SMILES string of the molecule is FC(F)(F)c1cccc(-c2nn3c(c2-c2ccc4ncccc4c2)CCC3)c1. The predicted molar refractivity (Wildman–Crippen MR) is 102 cm³/mol. The Morgan fingerprint density at radius 1 is 0.929 bits per heavy atom. The van der Waals surface area contributed by atoms with E-state index in [0.29, 0.717) is 11.3 Å². The molecule has 6 heteroatoms. The van der Waals surface area contributed by atoms with Crippen LogP contribution < -0.4 is 0 Å². The van der Waals surface area contributed by atoms with Crippen LogP contribution in [0, 0.1) is 0 Å². The Kier molecular flexibility index (Phi) is 3.75. The molecule has 2 aromatic heterocycles. The van der Waals surface area contributed by atoms with Crippen LogP contribution in [0.4, 0.5) is 13.2 Å². The first-order valence-electron chi connectivity index (χ1n) is 9.13. The number of halogens is 3. The molecule has 1 aliphatic rings. The maximum Gasteiger partial charge on any atom is 0.416 e. The molecular weight excluding hydrogens is 363 g/mol. The molecule has 0 bridgehead atoms. The molecule has 0 spiro atoms. The molecule has 0 saturated heterocycles. The number of rotatable bonds is 2. The number of alkyl halides is 3. The molecule has 3 heterocycles. The molecule has 28 heavy (non-hydrogen) atoms. The zero-order valence-electron chi connectivity index (χ0n) is 14.9. The first kappa shape index (κ1) is 17.0. The van der Waals surface area contributed by atoms with E-state index in [4.69, 9.17) is 0 Å². The first-order chi connectivity index (χ1) is 13.5. The average Bonchev–Trinajstić information content (AvgIpc) is 3.28. The number of hydrogen-bond acceptors (Lipinski definition) is 2. The lowest BCUT2D eigenvalue weighted by Gasteiger charge is -2.10. The second-order valence-electron chi connectivity index (χ2n) is 6.99. The zero-order chi connectivity index (χ0) is 19.3. The fourth-order valence-electron chi connectivity index (χ4n) is 3.91. The highest BCUT2D eigenvalue weighted by atomic mass is 19.4. The molecule has 0 radical (unpaired) electrons. The number of hydrogen-bond donors (Lipinski definition) is 0. The van der Waals surface area contributed by atoms with E-state index in [1.54, 1.807) is 12.3 Å². The summed E-state index contributed by atoms with van der Waals surface area (Å²) in [6, 6.07) is 15.2. The summed E-state index contributed by atoms with van der Waals surface area (Å²) in [6.07, 6.45) is -0.777. The summed E-state index contributed by atoms with van der Waals surface area (Å²) in [5, 5.41) is 5.67. The van der Waals surface area contributed by atoms with Gasteiger partial charge in [-0.2, -0.15) is 18.3 Å². The molecule has 0 unspecified atom stereocenters. The van der Waals surface area contributed by atoms with E-state index in [2.05, 4.69) is 10.1 Å². The highest BCUT2D eigenvalue weighted by molar-refractivity contribution is 5.89. The summed E-state index contributed by atoms with van der Waals surface area (Å²) in [5.74, 6) is 0. The fraction of sp³-hybridized carbons (Fsp3) is 0.182. The van der Waals surface area contributed by atoms with Crippen LogP contribution in [0.15, 0.2) is 60.8 Å². The van der Waals surface area contributed by atoms with Crippen molar-refractivity contribution >= 4 is 10.9 Å². The standard InChI is InChI=1S/C22H16F3N3/c23-22(24,25)17-6-1-4-16(13-17)21-20(19-7-3-11-28(19)27-21)15-8-9-18-14(12-15)5-2-10-26-18/h1-2,4-6,8-10,12-13H,3,7,11H2. The minimum Gasteiger partial charge on any atom is -0.268 e. The van der Waals surface area contributed by atoms with Crippen molar-refractivity contribution in [2.24, 2.45) is 0 Å². The Hall–Kier alpha value is -3.15. The van der Waals surface area contributed by atoms with Gasteiger partial charge in [-0.3, -0.25) is 9.67 Å². The molecule has 0 fully saturated rings. The average molecular weight is 379 g/mol. The van der Waals surface area contributed by atoms with E-state index >= 15 is 0 Å². The zero-order valence-corrected chi connectivity index (χ0v) is 14.9. The number of benzene rings is 2. The monoisotopic (exact) mass is 379 g/mol. The van der Waals surface area contributed by atoms with E-state index in [-0.39, 0.29) is 0 Å². The Morgan fingerprint density at radius 3 is 2.68 bits per heavy atom. The predicted octanol–water partition coefficient (Wildman–Crippen LogP) is 5.73. The Labute approximate surface area is 159 Å². The second kappa shape index (κ2) is 6.19. The number of aromatic nitrogens is 3. The van der Waals surface area contributed by atoms with Gasteiger partial charge in [0.15, 0.2) is 0 Å². The molecule has 0 amide bonds. The van der Waals surface area contributed by atoms with Crippen LogP contribution in [0.3, 0.4) is 0 Å². The van der Waals surface area contributed by atoms with Gasteiger partial charge in [0.05, 0.1) is 11.1 Å². The maximum absolute atomic E-state index is 13.2. The van der Waals surface area contributed by atoms with E-state index in [0.717, 1.165) is 53.2 Å². The second-order valence-corrected chi connectivity index (χ2v) is 6.99. The largest absolute Gasteiger partial charge is 0.416 e. The summed E-state index contributed by atoms with van der Waals surface area (Å²) < 4.78 is 41.6. The summed E-state index contributed by atoms with van der Waals surface area (Å²) in [4.78, 5) is 4.35. The Balaban J connectivity index is 1.72. The van der Waals surface area contributed by atoms with Crippen molar-refractivity contribution in [1.82, 2.24) is 14.8 Å². The number of pyridine rings is 1. The Morgan fingerprint density at radius 2 is 1.82 bits per heavy atom. The smallest absolute Gasteiger partial charge is 0.268 e. The van der Waals surface area contributed by atoms with Gasteiger partial charge in [-0.25, -0.2) is 0 Å². The van der Waals surface area contributed by atoms with E-state index in [1.165, 1.54) is 12.1 Å². The van der Waals surface area contributed by atoms with Gasteiger partial charge in [-0.05, 0) is 48.7 Å². The van der Waals surface area contributed by atoms with E-state index in [1.807, 2.05) is 35.0 Å². The molecule has 0 N–H and O–H groups in total. The maximum atomic E-state index is 13.2. The van der Waals surface area contributed by atoms with Crippen LogP contribution in [0.2, 0.25) is 0 Å². The minimum atomic E-state index is -4.38. The third-order valence-corrected chi connectivity index (χ3v) is 5.20. The topological polar surface area (TPSA) is 30.7 Å². The molecular formula is C22H16F3N3. The number of fused-ring (bicyclic) bond motifs is 2. The van der Waals surface area contributed by atoms with E-state index in [9.17, 15) is 13.2 Å². The van der Waals surface area contributed by atoms with Crippen molar-refractivity contribution in [3.63, 3.8) is 0 Å². The van der Waals surface area contributed by atoms with Crippen LogP contribution in [0.1, 0.15) is 17.7 Å². The van der Waals surface area contributed by atoms with Gasteiger partial charge >= 0.3 is 6.18 Å². The van der Waals surface area contributed by atoms with Crippen molar-refractivity contribution in [2.75, 3.05) is 0 Å². The summed E-state index contributed by atoms with van der Waals surface area (Å²) in [6.45, 7) is 0.788. The fourth-order valence-corrected chi connectivity index (χ4v) is 3.91. The van der Waals surface area contributed by atoms with Crippen molar-refractivity contribution in [1.29, 1.82) is 0 Å². The van der Waals surface area contributed by atoms with Gasteiger partial charge in [0.2, 0.25) is 0 Å². The molecule has 0 saturated carbocycles. The molecule has 1 aliphatic heterocycles. The molecule has 0 atom stereocenters. The Bertz CT molecular complexity index is 1190. The van der Waals surface area contributed by atoms with Crippen molar-refractivity contribution < 1.29 is 13.2 Å². The first-order valence-corrected chi connectivity index (χ1v) is 9.13. The molecule has 2 aromatic carbocycles. The van der Waals surface area contributed by atoms with Crippen molar-refractivity contribution in [2.45, 2.75) is 25.6 Å². The lowest BCUT2D eigenvalue weighted by molar-refractivity contribution is -0.137. The molecule has 4 aromatic rings. The molecule has 140 valence electrons. The van der Waals surface area contributed by atoms with Gasteiger partial charge in [-0.1, -0.05) is 24.3 Å². The van der Waals surface area contributed by atoms with Gasteiger partial charge in [0, 0.05) is 34.9 Å². The molecule has 0 aliphatic carbocycles. The number of nitrogens with zero attached hydrogens (tertiary/aromatic N) is 3. The van der Waals surface area contributed by atoms with Gasteiger partial charge < -0.3 is 0 Å². The third kappa shape index (κ3) is 2.76. The van der Waals surface area contributed by atoms with Gasteiger partial charge in [0.25, 0.3) is 0 Å². The normalized spacial score (nSPS) is 13.8. The lowest BCUT2D eigenvalue weighted by atomic mass is 9.96. The van der Waals surface area contributed by atoms with Crippen LogP contribution >= 0.6 is 0 Å². The number of aryl methyl sites for hydroxylation is 1. The van der Waals surface area contributed by atoms with Crippen LogP contribution in [-0.2, 0) is 19.1 Å². The van der Waals surface area contributed by atoms with Gasteiger partial charge in [0.1, 0.15) is 5.69 Å². The van der Waals surface area contributed by atoms with Gasteiger partial charge in [-0.15, -0.1) is 0 Å². The third-order valence-electron chi connectivity index (χ3n) is 5.20. The summed E-state index contributed by atoms with van der Waals surface area (Å²) in [7, 11) is 0. The highest BCUT2D eigenvalue weighted by Gasteiger charge is 2.31. The minimum absolute atomic E-state index is 0.484.